The molecular weight excluding hydrogens is 554 g/mol. The van der Waals surface area contributed by atoms with Crippen molar-refractivity contribution in [1.82, 2.24) is 0 Å². The first-order chi connectivity index (χ1) is 21.3. The Bertz CT molecular complexity index is 1700. The van der Waals surface area contributed by atoms with Gasteiger partial charge in [-0.15, -0.1) is 0 Å². The minimum atomic E-state index is -0.909. The van der Waals surface area contributed by atoms with Crippen LogP contribution in [-0.2, 0) is 15.0 Å². The summed E-state index contributed by atoms with van der Waals surface area (Å²) in [6.07, 6.45) is 10.3. The molecule has 0 aromatic heterocycles. The van der Waals surface area contributed by atoms with Gasteiger partial charge in [-0.3, -0.25) is 14.5 Å². The Morgan fingerprint density at radius 1 is 1.07 bits per heavy atom. The molecule has 0 saturated carbocycles. The molecule has 3 unspecified atom stereocenters. The van der Waals surface area contributed by atoms with Gasteiger partial charge in [0.15, 0.2) is 5.75 Å². The van der Waals surface area contributed by atoms with E-state index in [4.69, 9.17) is 4.74 Å². The monoisotopic (exact) mass is 592 g/mol. The number of nitrogens with zero attached hydrogens (tertiary/aromatic N) is 2. The maximum atomic E-state index is 11.6. The van der Waals surface area contributed by atoms with Crippen molar-refractivity contribution in [2.24, 2.45) is 0 Å². The van der Waals surface area contributed by atoms with Crippen molar-refractivity contribution in [2.45, 2.75) is 57.4 Å². The standard InChI is InChI=1S/C36H37N3O5/c1-3-4-21-36(2)28-11-7-8-12-29(28)38(22-19-33(40)41)31(36)17-13-25(24-37)14-18-32-39(23-20-34(42)43)35-27-10-6-5-9-26(27)15-16-30(35)44-32/h5-18,31H,3-4,19-23H2,1-2H3,(H,40,41)(H,42,43)/p+1/b17-13+,25-14-,32-18-. The number of unbranched alkanes of at least 4 members (excludes halogenated alkanes) is 1. The molecule has 0 aliphatic carbocycles. The van der Waals surface area contributed by atoms with Gasteiger partial charge in [0.05, 0.1) is 42.1 Å². The molecular formula is C36H38N3O5+. The van der Waals surface area contributed by atoms with E-state index in [9.17, 15) is 25.1 Å². The number of aliphatic carboxylic acids is 2. The Morgan fingerprint density at radius 2 is 1.82 bits per heavy atom. The molecule has 8 heteroatoms. The zero-order valence-corrected chi connectivity index (χ0v) is 25.1. The number of quaternary nitrogens is 1. The first-order valence-corrected chi connectivity index (χ1v) is 15.1. The maximum absolute atomic E-state index is 11.6. The van der Waals surface area contributed by atoms with E-state index >= 15 is 0 Å². The highest BCUT2D eigenvalue weighted by molar-refractivity contribution is 5.99. The molecule has 5 rings (SSSR count). The van der Waals surface area contributed by atoms with Crippen molar-refractivity contribution in [1.29, 1.82) is 5.26 Å². The lowest BCUT2D eigenvalue weighted by molar-refractivity contribution is -0.850. The first kappa shape index (κ1) is 30.6. The number of hydrogen-bond acceptors (Lipinski definition) is 5. The molecule has 0 amide bonds. The summed E-state index contributed by atoms with van der Waals surface area (Å²) in [7, 11) is 0. The van der Waals surface area contributed by atoms with Crippen molar-refractivity contribution < 1.29 is 29.4 Å². The minimum Gasteiger partial charge on any atom is -0.481 e. The Kier molecular flexibility index (Phi) is 9.17. The third-order valence-corrected chi connectivity index (χ3v) is 8.77. The second-order valence-electron chi connectivity index (χ2n) is 11.6. The lowest BCUT2D eigenvalue weighted by atomic mass is 9.74. The summed E-state index contributed by atoms with van der Waals surface area (Å²) < 4.78 is 6.18. The average Bonchev–Trinajstić information content (AvgIpc) is 3.50. The number of ether oxygens (including phenoxy) is 1. The topological polar surface area (TPSA) is 115 Å². The van der Waals surface area contributed by atoms with Gasteiger partial charge in [-0.25, -0.2) is 0 Å². The van der Waals surface area contributed by atoms with E-state index in [0.29, 0.717) is 23.8 Å². The molecule has 0 saturated heterocycles. The fraction of sp³-hybridized carbons (Fsp3) is 0.306. The van der Waals surface area contributed by atoms with E-state index in [-0.39, 0.29) is 30.8 Å². The maximum Gasteiger partial charge on any atom is 0.309 e. The van der Waals surface area contributed by atoms with Crippen molar-refractivity contribution in [2.75, 3.05) is 18.0 Å². The highest BCUT2D eigenvalue weighted by Crippen LogP contribution is 2.44. The molecule has 3 aromatic carbocycles. The second-order valence-corrected chi connectivity index (χ2v) is 11.6. The van der Waals surface area contributed by atoms with Crippen LogP contribution in [0, 0.1) is 11.3 Å². The Hall–Kier alpha value is -4.87. The summed E-state index contributed by atoms with van der Waals surface area (Å²) in [6, 6.07) is 22.2. The van der Waals surface area contributed by atoms with E-state index in [1.807, 2.05) is 59.5 Å². The van der Waals surface area contributed by atoms with Gasteiger partial charge in [0.2, 0.25) is 5.88 Å². The normalized spacial score (nSPS) is 21.8. The average molecular weight is 593 g/mol. The number of carboxylic acids is 2. The van der Waals surface area contributed by atoms with Crippen molar-refractivity contribution in [3.63, 3.8) is 0 Å². The van der Waals surface area contributed by atoms with Gasteiger partial charge in [-0.05, 0) is 49.1 Å². The largest absolute Gasteiger partial charge is 0.481 e. The third kappa shape index (κ3) is 6.10. The molecule has 0 fully saturated rings. The number of hydrogen-bond donors (Lipinski definition) is 3. The van der Waals surface area contributed by atoms with Crippen LogP contribution >= 0.6 is 0 Å². The number of allylic oxidation sites excluding steroid dienone is 4. The van der Waals surface area contributed by atoms with Crippen LogP contribution < -0.4 is 14.5 Å². The van der Waals surface area contributed by atoms with Crippen LogP contribution in [0.3, 0.4) is 0 Å². The van der Waals surface area contributed by atoms with Crippen LogP contribution in [0.5, 0.6) is 5.75 Å². The number of carbonyl (C=O) groups is 2. The SMILES string of the molecule is CCCCC1(C)c2ccccc2[NH+](CCC(=O)O)C1/C=C/C(C#N)=C/C=C1\Oc2ccc3ccccc3c2N1CCC(=O)O. The van der Waals surface area contributed by atoms with Crippen LogP contribution in [0.25, 0.3) is 10.8 Å². The van der Waals surface area contributed by atoms with E-state index in [1.54, 1.807) is 12.2 Å². The molecule has 2 aliphatic rings. The predicted octanol–water partition coefficient (Wildman–Crippen LogP) is 5.88. The highest BCUT2D eigenvalue weighted by atomic mass is 16.5. The van der Waals surface area contributed by atoms with Gasteiger partial charge in [0.25, 0.3) is 0 Å². The Balaban J connectivity index is 1.49. The van der Waals surface area contributed by atoms with Gasteiger partial charge in [-0.2, -0.15) is 5.26 Å². The molecule has 226 valence electrons. The molecule has 2 aliphatic heterocycles. The Labute approximate surface area is 257 Å². The van der Waals surface area contributed by atoms with Crippen LogP contribution in [0.15, 0.2) is 96.4 Å². The van der Waals surface area contributed by atoms with Crippen molar-refractivity contribution >= 4 is 34.1 Å². The molecule has 3 atom stereocenters. The number of carboxylic acid groups (broad SMARTS) is 2. The third-order valence-electron chi connectivity index (χ3n) is 8.77. The van der Waals surface area contributed by atoms with Gasteiger partial charge < -0.3 is 19.8 Å². The minimum absolute atomic E-state index is 0.0453. The van der Waals surface area contributed by atoms with Gasteiger partial charge in [-0.1, -0.05) is 68.3 Å². The molecule has 44 heavy (non-hydrogen) atoms. The molecule has 0 bridgehead atoms. The van der Waals surface area contributed by atoms with Gasteiger partial charge in [0, 0.05) is 23.6 Å². The van der Waals surface area contributed by atoms with E-state index in [1.165, 1.54) is 5.56 Å². The van der Waals surface area contributed by atoms with E-state index < -0.39 is 11.9 Å². The summed E-state index contributed by atoms with van der Waals surface area (Å²) in [5, 5.41) is 31.0. The molecule has 2 heterocycles. The quantitative estimate of drug-likeness (QED) is 0.178. The second kappa shape index (κ2) is 13.2. The first-order valence-electron chi connectivity index (χ1n) is 15.1. The number of benzene rings is 3. The van der Waals surface area contributed by atoms with Crippen molar-refractivity contribution in [3.8, 4) is 11.8 Å². The van der Waals surface area contributed by atoms with Crippen LogP contribution in [0.2, 0.25) is 0 Å². The lowest BCUT2D eigenvalue weighted by Crippen LogP contribution is -3.11. The fourth-order valence-corrected chi connectivity index (χ4v) is 6.59. The Morgan fingerprint density at radius 3 is 2.57 bits per heavy atom. The zero-order valence-electron chi connectivity index (χ0n) is 25.1. The highest BCUT2D eigenvalue weighted by Gasteiger charge is 2.50. The number of nitrogens with one attached hydrogen (secondary N) is 1. The number of rotatable bonds is 12. The van der Waals surface area contributed by atoms with E-state index in [2.05, 4.69) is 38.1 Å². The molecule has 3 N–H and O–H groups in total. The summed E-state index contributed by atoms with van der Waals surface area (Å²) in [4.78, 5) is 26.0. The smallest absolute Gasteiger partial charge is 0.309 e. The molecule has 3 aromatic rings. The van der Waals surface area contributed by atoms with Crippen LogP contribution in [0.4, 0.5) is 11.4 Å². The van der Waals surface area contributed by atoms with Gasteiger partial charge >= 0.3 is 11.9 Å². The molecule has 0 radical (unpaired) electrons. The summed E-state index contributed by atoms with van der Waals surface area (Å²) in [5.74, 6) is -0.654. The van der Waals surface area contributed by atoms with E-state index in [0.717, 1.165) is 46.3 Å². The lowest BCUT2D eigenvalue weighted by Gasteiger charge is -2.31. The zero-order chi connectivity index (χ0) is 31.3. The summed E-state index contributed by atoms with van der Waals surface area (Å²) in [6.45, 7) is 5.07. The van der Waals surface area contributed by atoms with Crippen LogP contribution in [-0.4, -0.2) is 41.3 Å². The van der Waals surface area contributed by atoms with Crippen molar-refractivity contribution in [3.05, 3.63) is 102 Å². The summed E-state index contributed by atoms with van der Waals surface area (Å²) in [5.41, 5.74) is 3.34. The number of para-hydroxylation sites is 1. The summed E-state index contributed by atoms with van der Waals surface area (Å²) >= 11 is 0. The number of fused-ring (bicyclic) bond motifs is 4. The molecule has 0 spiro atoms. The number of nitriles is 1. The van der Waals surface area contributed by atoms with Crippen LogP contribution in [0.1, 0.15) is 51.5 Å². The predicted molar refractivity (Wildman–Crippen MR) is 170 cm³/mol. The number of anilines is 1. The fourth-order valence-electron chi connectivity index (χ4n) is 6.59. The van der Waals surface area contributed by atoms with Gasteiger partial charge in [0.1, 0.15) is 11.7 Å². The molecule has 8 nitrogen and oxygen atoms in total.